The molecule has 2 amide bonds. The number of anilines is 1. The third-order valence-corrected chi connectivity index (χ3v) is 3.98. The van der Waals surface area contributed by atoms with Crippen LogP contribution in [0.1, 0.15) is 22.8 Å². The zero-order valence-corrected chi connectivity index (χ0v) is 13.9. The largest absolute Gasteiger partial charge is 0.350 e. The van der Waals surface area contributed by atoms with Gasteiger partial charge < -0.3 is 10.2 Å². The Morgan fingerprint density at radius 3 is 2.43 bits per heavy atom. The third kappa shape index (κ3) is 4.33. The predicted octanol–water partition coefficient (Wildman–Crippen LogP) is 3.43. The monoisotopic (exact) mass is 330 g/mol. The van der Waals surface area contributed by atoms with Crippen molar-refractivity contribution in [3.63, 3.8) is 0 Å². The standard InChI is InChI=1S/C18H19ClN2O2/c1-13-16(19)9-6-10-17(13)21(14(2)22)12-11-20-18(23)15-7-4-3-5-8-15/h3-10H,11-12H2,1-2H3,(H,20,23). The van der Waals surface area contributed by atoms with Gasteiger partial charge in [-0.25, -0.2) is 0 Å². The van der Waals surface area contributed by atoms with Crippen molar-refractivity contribution in [2.45, 2.75) is 13.8 Å². The predicted molar refractivity (Wildman–Crippen MR) is 93.0 cm³/mol. The lowest BCUT2D eigenvalue weighted by molar-refractivity contribution is -0.116. The summed E-state index contributed by atoms with van der Waals surface area (Å²) in [5.74, 6) is -0.249. The summed E-state index contributed by atoms with van der Waals surface area (Å²) in [4.78, 5) is 25.6. The summed E-state index contributed by atoms with van der Waals surface area (Å²) in [5, 5.41) is 3.44. The van der Waals surface area contributed by atoms with Gasteiger partial charge in [-0.15, -0.1) is 0 Å². The summed E-state index contributed by atoms with van der Waals surface area (Å²) in [6.07, 6.45) is 0. The SMILES string of the molecule is CC(=O)N(CCNC(=O)c1ccccc1)c1cccc(Cl)c1C. The van der Waals surface area contributed by atoms with Crippen LogP contribution in [0.4, 0.5) is 5.69 Å². The van der Waals surface area contributed by atoms with E-state index in [9.17, 15) is 9.59 Å². The number of nitrogens with zero attached hydrogens (tertiary/aromatic N) is 1. The lowest BCUT2D eigenvalue weighted by Gasteiger charge is -2.23. The number of benzene rings is 2. The van der Waals surface area contributed by atoms with Gasteiger partial charge in [-0.05, 0) is 36.8 Å². The molecule has 0 aromatic heterocycles. The quantitative estimate of drug-likeness (QED) is 0.913. The van der Waals surface area contributed by atoms with Gasteiger partial charge in [0.15, 0.2) is 0 Å². The second-order valence-electron chi connectivity index (χ2n) is 5.18. The van der Waals surface area contributed by atoms with Gasteiger partial charge >= 0.3 is 0 Å². The first-order valence-corrected chi connectivity index (χ1v) is 7.75. The molecule has 0 bridgehead atoms. The third-order valence-electron chi connectivity index (χ3n) is 3.57. The summed E-state index contributed by atoms with van der Waals surface area (Å²) >= 11 is 6.12. The summed E-state index contributed by atoms with van der Waals surface area (Å²) < 4.78 is 0. The van der Waals surface area contributed by atoms with E-state index >= 15 is 0 Å². The average molecular weight is 331 g/mol. The van der Waals surface area contributed by atoms with Crippen molar-refractivity contribution < 1.29 is 9.59 Å². The second kappa shape index (κ2) is 7.79. The first kappa shape index (κ1) is 17.0. The molecule has 0 radical (unpaired) electrons. The molecule has 0 spiro atoms. The van der Waals surface area contributed by atoms with E-state index in [4.69, 9.17) is 11.6 Å². The van der Waals surface area contributed by atoms with E-state index in [2.05, 4.69) is 5.32 Å². The fourth-order valence-corrected chi connectivity index (χ4v) is 2.48. The molecule has 0 aliphatic carbocycles. The molecule has 120 valence electrons. The van der Waals surface area contributed by atoms with Gasteiger partial charge in [0.1, 0.15) is 0 Å². The second-order valence-corrected chi connectivity index (χ2v) is 5.58. The Labute approximate surface area is 141 Å². The maximum absolute atomic E-state index is 12.0. The van der Waals surface area contributed by atoms with E-state index < -0.39 is 0 Å². The Balaban J connectivity index is 2.02. The highest BCUT2D eigenvalue weighted by Gasteiger charge is 2.15. The molecular formula is C18H19ClN2O2. The molecule has 0 unspecified atom stereocenters. The van der Waals surface area contributed by atoms with Gasteiger partial charge in [0, 0.05) is 36.3 Å². The van der Waals surface area contributed by atoms with E-state index in [1.165, 1.54) is 6.92 Å². The fourth-order valence-electron chi connectivity index (χ4n) is 2.31. The molecule has 2 aromatic rings. The maximum atomic E-state index is 12.0. The molecule has 4 nitrogen and oxygen atoms in total. The lowest BCUT2D eigenvalue weighted by Crippen LogP contribution is -2.38. The van der Waals surface area contributed by atoms with Gasteiger partial charge in [-0.3, -0.25) is 9.59 Å². The number of nitrogens with one attached hydrogen (secondary N) is 1. The van der Waals surface area contributed by atoms with E-state index in [-0.39, 0.29) is 11.8 Å². The molecule has 2 aromatic carbocycles. The maximum Gasteiger partial charge on any atom is 0.251 e. The van der Waals surface area contributed by atoms with E-state index in [1.807, 2.05) is 37.3 Å². The smallest absolute Gasteiger partial charge is 0.251 e. The molecule has 0 saturated carbocycles. The van der Waals surface area contributed by atoms with Gasteiger partial charge in [0.05, 0.1) is 0 Å². The van der Waals surface area contributed by atoms with Crippen molar-refractivity contribution in [1.29, 1.82) is 0 Å². The molecule has 0 aliphatic heterocycles. The molecule has 2 rings (SSSR count). The topological polar surface area (TPSA) is 49.4 Å². The minimum Gasteiger partial charge on any atom is -0.350 e. The lowest BCUT2D eigenvalue weighted by atomic mass is 10.1. The number of carbonyl (C=O) groups excluding carboxylic acids is 2. The van der Waals surface area contributed by atoms with Crippen LogP contribution in [0, 0.1) is 6.92 Å². The van der Waals surface area contributed by atoms with Crippen molar-refractivity contribution in [3.8, 4) is 0 Å². The van der Waals surface area contributed by atoms with E-state index in [0.717, 1.165) is 11.3 Å². The normalized spacial score (nSPS) is 10.2. The first-order valence-electron chi connectivity index (χ1n) is 7.37. The van der Waals surface area contributed by atoms with Gasteiger partial charge in [0.2, 0.25) is 5.91 Å². The molecule has 0 aliphatic rings. The fraction of sp³-hybridized carbons (Fsp3) is 0.222. The van der Waals surface area contributed by atoms with Crippen molar-refractivity contribution in [3.05, 3.63) is 64.7 Å². The number of amides is 2. The Morgan fingerprint density at radius 2 is 1.78 bits per heavy atom. The van der Waals surface area contributed by atoms with E-state index in [0.29, 0.717) is 23.7 Å². The molecule has 0 atom stereocenters. The molecule has 1 N–H and O–H groups in total. The minimum absolute atomic E-state index is 0.0932. The average Bonchev–Trinajstić information content (AvgIpc) is 2.55. The van der Waals surface area contributed by atoms with Crippen LogP contribution in [0.25, 0.3) is 0 Å². The Kier molecular flexibility index (Phi) is 5.77. The van der Waals surface area contributed by atoms with Crippen LogP contribution in [0.3, 0.4) is 0 Å². The number of hydrogen-bond acceptors (Lipinski definition) is 2. The van der Waals surface area contributed by atoms with Gasteiger partial charge in [0.25, 0.3) is 5.91 Å². The highest BCUT2D eigenvalue weighted by atomic mass is 35.5. The zero-order valence-electron chi connectivity index (χ0n) is 13.2. The molecular weight excluding hydrogens is 312 g/mol. The Bertz CT molecular complexity index is 701. The van der Waals surface area contributed by atoms with Crippen LogP contribution < -0.4 is 10.2 Å². The first-order chi connectivity index (χ1) is 11.0. The highest BCUT2D eigenvalue weighted by Crippen LogP contribution is 2.26. The summed E-state index contributed by atoms with van der Waals surface area (Å²) in [6.45, 7) is 4.11. The van der Waals surface area contributed by atoms with Gasteiger partial charge in [-0.1, -0.05) is 35.9 Å². The summed E-state index contributed by atoms with van der Waals surface area (Å²) in [6, 6.07) is 14.4. The number of hydrogen-bond donors (Lipinski definition) is 1. The van der Waals surface area contributed by atoms with Crippen LogP contribution in [0.2, 0.25) is 5.02 Å². The molecule has 0 heterocycles. The van der Waals surface area contributed by atoms with E-state index in [1.54, 1.807) is 23.1 Å². The highest BCUT2D eigenvalue weighted by molar-refractivity contribution is 6.31. The minimum atomic E-state index is -0.156. The Morgan fingerprint density at radius 1 is 1.09 bits per heavy atom. The number of halogens is 1. The summed E-state index contributed by atoms with van der Waals surface area (Å²) in [7, 11) is 0. The molecule has 5 heteroatoms. The molecule has 0 fully saturated rings. The van der Waals surface area contributed by atoms with Crippen LogP contribution in [-0.2, 0) is 4.79 Å². The van der Waals surface area contributed by atoms with Crippen molar-refractivity contribution in [1.82, 2.24) is 5.32 Å². The van der Waals surface area contributed by atoms with Crippen LogP contribution in [0.15, 0.2) is 48.5 Å². The molecule has 23 heavy (non-hydrogen) atoms. The zero-order chi connectivity index (χ0) is 16.8. The Hall–Kier alpha value is -2.33. The molecule has 0 saturated heterocycles. The summed E-state index contributed by atoms with van der Waals surface area (Å²) in [5.41, 5.74) is 2.21. The van der Waals surface area contributed by atoms with Crippen LogP contribution in [0.5, 0.6) is 0 Å². The van der Waals surface area contributed by atoms with Crippen molar-refractivity contribution in [2.75, 3.05) is 18.0 Å². The number of rotatable bonds is 5. The van der Waals surface area contributed by atoms with Crippen LogP contribution >= 0.6 is 11.6 Å². The number of carbonyl (C=O) groups is 2. The van der Waals surface area contributed by atoms with Crippen LogP contribution in [-0.4, -0.2) is 24.9 Å². The van der Waals surface area contributed by atoms with Crippen molar-refractivity contribution >= 4 is 29.1 Å². The van der Waals surface area contributed by atoms with Gasteiger partial charge in [-0.2, -0.15) is 0 Å². The van der Waals surface area contributed by atoms with Crippen molar-refractivity contribution in [2.24, 2.45) is 0 Å².